The highest BCUT2D eigenvalue weighted by molar-refractivity contribution is 6.31. The smallest absolute Gasteiger partial charge is 0.0597 e. The summed E-state index contributed by atoms with van der Waals surface area (Å²) < 4.78 is 0. The normalized spacial score (nSPS) is 14.3. The maximum Gasteiger partial charge on any atom is 0.0597 e. The lowest BCUT2D eigenvalue weighted by atomic mass is 10.2. The highest BCUT2D eigenvalue weighted by Gasteiger charge is 2.12. The lowest BCUT2D eigenvalue weighted by Gasteiger charge is -2.14. The Hall–Kier alpha value is -1.02. The van der Waals surface area contributed by atoms with Crippen molar-refractivity contribution in [3.05, 3.63) is 28.8 Å². The molecule has 0 saturated heterocycles. The number of hydrazone groups is 1. The van der Waals surface area contributed by atoms with Gasteiger partial charge >= 0.3 is 0 Å². The Balaban J connectivity index is 0.000000606. The van der Waals surface area contributed by atoms with Gasteiger partial charge in [0.2, 0.25) is 0 Å². The Bertz CT molecular complexity index is 386. The molecule has 2 rings (SSSR count). The lowest BCUT2D eigenvalue weighted by Crippen LogP contribution is -2.11. The largest absolute Gasteiger partial charge is 0.265 e. The molecule has 1 aromatic carbocycles. The molecule has 0 amide bonds. The summed E-state index contributed by atoms with van der Waals surface area (Å²) >= 11 is 5.96. The molecule has 0 saturated carbocycles. The second-order valence-corrected chi connectivity index (χ2v) is 4.05. The van der Waals surface area contributed by atoms with E-state index in [4.69, 9.17) is 11.6 Å². The second-order valence-electron chi connectivity index (χ2n) is 3.64. The van der Waals surface area contributed by atoms with Crippen molar-refractivity contribution in [1.29, 1.82) is 0 Å². The van der Waals surface area contributed by atoms with E-state index in [-0.39, 0.29) is 0 Å². The summed E-state index contributed by atoms with van der Waals surface area (Å²) in [5, 5.41) is 7.28. The third kappa shape index (κ3) is 2.99. The minimum Gasteiger partial charge on any atom is -0.265 e. The van der Waals surface area contributed by atoms with E-state index in [9.17, 15) is 0 Å². The maximum atomic E-state index is 5.96. The predicted octanol–water partition coefficient (Wildman–Crippen LogP) is 4.26. The van der Waals surface area contributed by atoms with Crippen molar-refractivity contribution < 1.29 is 0 Å². The average Bonchev–Trinajstić information content (AvgIpc) is 2.72. The van der Waals surface area contributed by atoms with Crippen LogP contribution in [0.4, 0.5) is 5.69 Å². The van der Waals surface area contributed by atoms with Crippen molar-refractivity contribution in [2.45, 2.75) is 34.1 Å². The zero-order valence-electron chi connectivity index (χ0n) is 10.4. The fourth-order valence-electron chi connectivity index (χ4n) is 1.55. The molecule has 1 heterocycles. The summed E-state index contributed by atoms with van der Waals surface area (Å²) in [7, 11) is 0. The molecule has 0 unspecified atom stereocenters. The molecule has 0 radical (unpaired) electrons. The number of hydrogen-bond acceptors (Lipinski definition) is 2. The van der Waals surface area contributed by atoms with E-state index in [0.717, 1.165) is 29.2 Å². The van der Waals surface area contributed by atoms with Crippen LogP contribution in [0, 0.1) is 6.92 Å². The van der Waals surface area contributed by atoms with Crippen molar-refractivity contribution in [1.82, 2.24) is 0 Å². The van der Waals surface area contributed by atoms with E-state index in [1.807, 2.05) is 37.9 Å². The van der Waals surface area contributed by atoms with E-state index in [1.165, 1.54) is 5.71 Å². The molecule has 0 spiro atoms. The molecule has 1 aliphatic rings. The van der Waals surface area contributed by atoms with Gasteiger partial charge in [-0.25, -0.2) is 0 Å². The van der Waals surface area contributed by atoms with Gasteiger partial charge in [-0.2, -0.15) is 5.10 Å². The Morgan fingerprint density at radius 1 is 1.25 bits per heavy atom. The van der Waals surface area contributed by atoms with E-state index in [0.29, 0.717) is 0 Å². The summed E-state index contributed by atoms with van der Waals surface area (Å²) in [5.74, 6) is 0. The summed E-state index contributed by atoms with van der Waals surface area (Å²) in [6, 6.07) is 6.01. The molecule has 1 aromatic rings. The van der Waals surface area contributed by atoms with Gasteiger partial charge in [0.15, 0.2) is 0 Å². The van der Waals surface area contributed by atoms with Gasteiger partial charge in [-0.1, -0.05) is 25.4 Å². The SMILES string of the molecule is CC.CC1=NN(c2ccc(Cl)c(C)c2)CC1. The van der Waals surface area contributed by atoms with Crippen molar-refractivity contribution in [3.63, 3.8) is 0 Å². The number of benzene rings is 1. The molecule has 0 aromatic heterocycles. The summed E-state index contributed by atoms with van der Waals surface area (Å²) in [6.07, 6.45) is 1.06. The average molecular weight is 239 g/mol. The van der Waals surface area contributed by atoms with E-state index >= 15 is 0 Å². The van der Waals surface area contributed by atoms with Gasteiger partial charge in [-0.05, 0) is 37.6 Å². The Kier molecular flexibility index (Phi) is 4.81. The van der Waals surface area contributed by atoms with Crippen molar-refractivity contribution in [3.8, 4) is 0 Å². The van der Waals surface area contributed by atoms with Crippen molar-refractivity contribution in [2.75, 3.05) is 11.6 Å². The molecule has 88 valence electrons. The number of anilines is 1. The van der Waals surface area contributed by atoms with E-state index in [2.05, 4.69) is 18.1 Å². The molecule has 0 N–H and O–H groups in total. The first-order chi connectivity index (χ1) is 7.66. The minimum atomic E-state index is 0.814. The zero-order valence-corrected chi connectivity index (χ0v) is 11.2. The first-order valence-electron chi connectivity index (χ1n) is 5.74. The topological polar surface area (TPSA) is 15.6 Å². The lowest BCUT2D eigenvalue weighted by molar-refractivity contribution is 0.921. The predicted molar refractivity (Wildman–Crippen MR) is 72.6 cm³/mol. The van der Waals surface area contributed by atoms with Crippen LogP contribution in [0.15, 0.2) is 23.3 Å². The van der Waals surface area contributed by atoms with Crippen LogP contribution in [0.5, 0.6) is 0 Å². The number of hydrogen-bond donors (Lipinski definition) is 0. The molecule has 0 aliphatic carbocycles. The van der Waals surface area contributed by atoms with Gasteiger partial charge in [0.1, 0.15) is 0 Å². The second kappa shape index (κ2) is 5.90. The van der Waals surface area contributed by atoms with Gasteiger partial charge < -0.3 is 0 Å². The number of aryl methyl sites for hydroxylation is 1. The van der Waals surface area contributed by atoms with Crippen molar-refractivity contribution in [2.24, 2.45) is 5.10 Å². The molecule has 0 fully saturated rings. The summed E-state index contributed by atoms with van der Waals surface area (Å²) in [5.41, 5.74) is 3.42. The van der Waals surface area contributed by atoms with Crippen LogP contribution in [-0.4, -0.2) is 12.3 Å². The van der Waals surface area contributed by atoms with Crippen LogP contribution in [0.3, 0.4) is 0 Å². The molecule has 0 atom stereocenters. The number of rotatable bonds is 1. The number of nitrogens with zero attached hydrogens (tertiary/aromatic N) is 2. The highest BCUT2D eigenvalue weighted by atomic mass is 35.5. The molecule has 3 heteroatoms. The number of halogens is 1. The summed E-state index contributed by atoms with van der Waals surface area (Å²) in [6.45, 7) is 9.05. The standard InChI is InChI=1S/C11H13ClN2.C2H6/c1-8-7-10(3-4-11(8)12)14-6-5-9(2)13-14;1-2/h3-4,7H,5-6H2,1-2H3;1-2H3. The van der Waals surface area contributed by atoms with Crippen LogP contribution in [0.2, 0.25) is 5.02 Å². The Morgan fingerprint density at radius 3 is 2.44 bits per heavy atom. The van der Waals surface area contributed by atoms with Crippen LogP contribution < -0.4 is 5.01 Å². The fraction of sp³-hybridized carbons (Fsp3) is 0.462. The zero-order chi connectivity index (χ0) is 12.1. The molecule has 16 heavy (non-hydrogen) atoms. The van der Waals surface area contributed by atoms with E-state index < -0.39 is 0 Å². The van der Waals surface area contributed by atoms with Crippen LogP contribution in [-0.2, 0) is 0 Å². The van der Waals surface area contributed by atoms with Gasteiger partial charge in [-0.15, -0.1) is 0 Å². The highest BCUT2D eigenvalue weighted by Crippen LogP contribution is 2.24. The van der Waals surface area contributed by atoms with Crippen LogP contribution in [0.1, 0.15) is 32.8 Å². The van der Waals surface area contributed by atoms with E-state index in [1.54, 1.807) is 0 Å². The van der Waals surface area contributed by atoms with Crippen LogP contribution >= 0.6 is 11.6 Å². The van der Waals surface area contributed by atoms with Gasteiger partial charge in [0, 0.05) is 23.7 Å². The van der Waals surface area contributed by atoms with Crippen LogP contribution in [0.25, 0.3) is 0 Å². The van der Waals surface area contributed by atoms with Gasteiger partial charge in [-0.3, -0.25) is 5.01 Å². The monoisotopic (exact) mass is 238 g/mol. The van der Waals surface area contributed by atoms with Gasteiger partial charge in [0.05, 0.1) is 5.69 Å². The molecule has 0 bridgehead atoms. The minimum absolute atomic E-state index is 0.814. The van der Waals surface area contributed by atoms with Gasteiger partial charge in [0.25, 0.3) is 0 Å². The first-order valence-corrected chi connectivity index (χ1v) is 6.12. The fourth-order valence-corrected chi connectivity index (χ4v) is 1.67. The Morgan fingerprint density at radius 2 is 1.94 bits per heavy atom. The quantitative estimate of drug-likeness (QED) is 0.714. The van der Waals surface area contributed by atoms with Crippen molar-refractivity contribution >= 4 is 23.0 Å². The molecular weight excluding hydrogens is 220 g/mol. The maximum absolute atomic E-state index is 5.96. The first kappa shape index (κ1) is 13.0. The molecule has 1 aliphatic heterocycles. The molecule has 2 nitrogen and oxygen atoms in total. The third-order valence-electron chi connectivity index (χ3n) is 2.42. The Labute approximate surface area is 103 Å². The molecular formula is C13H19ClN2. The summed E-state index contributed by atoms with van der Waals surface area (Å²) in [4.78, 5) is 0. The third-order valence-corrected chi connectivity index (χ3v) is 2.84.